The number of amides is 2. The first-order valence-corrected chi connectivity index (χ1v) is 6.75. The third kappa shape index (κ3) is 2.55. The minimum atomic E-state index is -0.553. The van der Waals surface area contributed by atoms with Gasteiger partial charge in [-0.1, -0.05) is 12.1 Å². The lowest BCUT2D eigenvalue weighted by atomic mass is 10.1. The van der Waals surface area contributed by atoms with Crippen LogP contribution in [0, 0.1) is 0 Å². The van der Waals surface area contributed by atoms with Gasteiger partial charge in [-0.25, -0.2) is 4.79 Å². The van der Waals surface area contributed by atoms with E-state index < -0.39 is 17.1 Å². The van der Waals surface area contributed by atoms with Crippen molar-refractivity contribution in [2.45, 2.75) is 0 Å². The molecule has 1 fully saturated rings. The summed E-state index contributed by atoms with van der Waals surface area (Å²) in [5, 5.41) is 2.54. The average Bonchev–Trinajstić information content (AvgIpc) is 3.01. The number of hydrogen-bond acceptors (Lipinski definition) is 6. The normalized spacial score (nSPS) is 16.5. The monoisotopic (exact) mass is 303 g/mol. The van der Waals surface area contributed by atoms with E-state index in [1.54, 1.807) is 30.3 Å². The van der Waals surface area contributed by atoms with E-state index in [4.69, 9.17) is 4.42 Å². The Morgan fingerprint density at radius 3 is 2.81 bits per heavy atom. The quantitative estimate of drug-likeness (QED) is 0.678. The van der Waals surface area contributed by atoms with Crippen LogP contribution in [0.2, 0.25) is 0 Å². The number of ether oxygens (including phenoxy) is 1. The van der Waals surface area contributed by atoms with Crippen molar-refractivity contribution in [2.24, 2.45) is 0 Å². The van der Waals surface area contributed by atoms with Crippen molar-refractivity contribution in [2.75, 3.05) is 7.11 Å². The van der Waals surface area contributed by atoms with Crippen molar-refractivity contribution in [3.8, 4) is 0 Å². The van der Waals surface area contributed by atoms with E-state index in [2.05, 4.69) is 10.1 Å². The minimum Gasteiger partial charge on any atom is -0.463 e. The Balaban J connectivity index is 1.98. The molecule has 0 radical (unpaired) electrons. The highest BCUT2D eigenvalue weighted by atomic mass is 32.2. The first kappa shape index (κ1) is 13.4. The molecule has 0 aliphatic carbocycles. The van der Waals surface area contributed by atoms with Gasteiger partial charge >= 0.3 is 5.97 Å². The van der Waals surface area contributed by atoms with Crippen molar-refractivity contribution in [1.29, 1.82) is 0 Å². The molecule has 1 aliphatic heterocycles. The van der Waals surface area contributed by atoms with E-state index in [0.717, 1.165) is 17.1 Å². The molecule has 7 heteroatoms. The first-order valence-electron chi connectivity index (χ1n) is 5.93. The zero-order chi connectivity index (χ0) is 15.0. The first-order chi connectivity index (χ1) is 10.1. The van der Waals surface area contributed by atoms with Crippen LogP contribution in [0.4, 0.5) is 4.79 Å². The maximum atomic E-state index is 11.5. The number of fused-ring (bicyclic) bond motifs is 1. The fraction of sp³-hybridized carbons (Fsp3) is 0.0714. The molecule has 2 heterocycles. The van der Waals surface area contributed by atoms with Crippen molar-refractivity contribution in [1.82, 2.24) is 5.32 Å². The minimum absolute atomic E-state index is 0.112. The molecule has 0 atom stereocenters. The highest BCUT2D eigenvalue weighted by Crippen LogP contribution is 2.27. The van der Waals surface area contributed by atoms with Crippen LogP contribution in [0.1, 0.15) is 16.1 Å². The number of thioether (sulfide) groups is 1. The molecular formula is C14H9NO5S. The molecule has 0 bridgehead atoms. The fourth-order valence-electron chi connectivity index (χ4n) is 1.91. The van der Waals surface area contributed by atoms with E-state index in [-0.39, 0.29) is 5.76 Å². The van der Waals surface area contributed by atoms with Gasteiger partial charge in [-0.15, -0.1) is 0 Å². The number of carbonyl (C=O) groups is 3. The number of benzene rings is 1. The predicted molar refractivity (Wildman–Crippen MR) is 76.7 cm³/mol. The largest absolute Gasteiger partial charge is 0.463 e. The molecule has 1 N–H and O–H groups in total. The number of rotatable bonds is 2. The Hall–Kier alpha value is -2.54. The maximum Gasteiger partial charge on any atom is 0.373 e. The number of carbonyl (C=O) groups excluding carboxylic acids is 3. The van der Waals surface area contributed by atoms with Gasteiger partial charge in [0.25, 0.3) is 11.1 Å². The second-order valence-electron chi connectivity index (χ2n) is 4.25. The standard InChI is InChI=1S/C14H9NO5S/c1-19-13(17)10-6-8-3-2-7(4-9(8)20-10)5-11-12(16)15-14(18)21-11/h2-6H,1H3,(H,15,16,18)/b11-5-. The average molecular weight is 303 g/mol. The Kier molecular flexibility index (Phi) is 3.26. The van der Waals surface area contributed by atoms with Gasteiger partial charge in [-0.05, 0) is 35.5 Å². The van der Waals surface area contributed by atoms with Crippen LogP contribution in [-0.4, -0.2) is 24.2 Å². The van der Waals surface area contributed by atoms with Crippen LogP contribution in [0.3, 0.4) is 0 Å². The molecule has 0 spiro atoms. The summed E-state index contributed by atoms with van der Waals surface area (Å²) < 4.78 is 9.99. The van der Waals surface area contributed by atoms with Crippen molar-refractivity contribution < 1.29 is 23.5 Å². The van der Waals surface area contributed by atoms with Gasteiger partial charge in [-0.2, -0.15) is 0 Å². The Labute approximate surface area is 123 Å². The van der Waals surface area contributed by atoms with Crippen molar-refractivity contribution >= 4 is 45.9 Å². The van der Waals surface area contributed by atoms with Gasteiger partial charge in [0.05, 0.1) is 12.0 Å². The van der Waals surface area contributed by atoms with Crippen LogP contribution < -0.4 is 5.32 Å². The lowest BCUT2D eigenvalue weighted by Gasteiger charge is -1.95. The molecule has 1 aromatic carbocycles. The summed E-state index contributed by atoms with van der Waals surface area (Å²) in [6.07, 6.45) is 1.59. The van der Waals surface area contributed by atoms with Crippen LogP contribution in [0.15, 0.2) is 33.6 Å². The molecular weight excluding hydrogens is 294 g/mol. The summed E-state index contributed by atoms with van der Waals surface area (Å²) in [5.41, 5.74) is 1.19. The smallest absolute Gasteiger partial charge is 0.373 e. The van der Waals surface area contributed by atoms with Crippen molar-refractivity contribution in [3.63, 3.8) is 0 Å². The second kappa shape index (κ2) is 5.10. The highest BCUT2D eigenvalue weighted by Gasteiger charge is 2.25. The zero-order valence-electron chi connectivity index (χ0n) is 10.8. The van der Waals surface area contributed by atoms with Gasteiger partial charge in [-0.3, -0.25) is 14.9 Å². The third-order valence-electron chi connectivity index (χ3n) is 2.87. The Morgan fingerprint density at radius 2 is 2.14 bits per heavy atom. The second-order valence-corrected chi connectivity index (χ2v) is 5.27. The molecule has 0 saturated carbocycles. The van der Waals surface area contributed by atoms with E-state index >= 15 is 0 Å². The summed E-state index contributed by atoms with van der Waals surface area (Å²) in [4.78, 5) is 34.3. The lowest BCUT2D eigenvalue weighted by Crippen LogP contribution is -2.17. The number of esters is 1. The summed E-state index contributed by atoms with van der Waals surface area (Å²) in [6, 6.07) is 6.80. The molecule has 3 rings (SSSR count). The fourth-order valence-corrected chi connectivity index (χ4v) is 2.59. The summed E-state index contributed by atoms with van der Waals surface area (Å²) >= 11 is 0.844. The molecule has 1 saturated heterocycles. The lowest BCUT2D eigenvalue weighted by molar-refractivity contribution is -0.115. The number of methoxy groups -OCH3 is 1. The van der Waals surface area contributed by atoms with E-state index in [9.17, 15) is 14.4 Å². The predicted octanol–water partition coefficient (Wildman–Crippen LogP) is 2.54. The summed E-state index contributed by atoms with van der Waals surface area (Å²) in [6.45, 7) is 0. The summed E-state index contributed by atoms with van der Waals surface area (Å²) in [5.74, 6) is -0.859. The Morgan fingerprint density at radius 1 is 1.33 bits per heavy atom. The van der Waals surface area contributed by atoms with Crippen LogP contribution in [-0.2, 0) is 9.53 Å². The van der Waals surface area contributed by atoms with Gasteiger partial charge < -0.3 is 9.15 Å². The molecule has 0 unspecified atom stereocenters. The van der Waals surface area contributed by atoms with E-state index in [0.29, 0.717) is 16.1 Å². The number of hydrogen-bond donors (Lipinski definition) is 1. The molecule has 2 aromatic rings. The van der Waals surface area contributed by atoms with E-state index in [1.807, 2.05) is 0 Å². The van der Waals surface area contributed by atoms with E-state index in [1.165, 1.54) is 7.11 Å². The third-order valence-corrected chi connectivity index (χ3v) is 3.68. The highest BCUT2D eigenvalue weighted by molar-refractivity contribution is 8.18. The van der Waals surface area contributed by atoms with Crippen LogP contribution >= 0.6 is 11.8 Å². The number of furan rings is 1. The summed E-state index contributed by atoms with van der Waals surface area (Å²) in [7, 11) is 1.28. The number of nitrogens with one attached hydrogen (secondary N) is 1. The SMILES string of the molecule is COC(=O)c1cc2ccc(/C=C3\SC(=O)NC3=O)cc2o1. The Bertz CT molecular complexity index is 805. The molecule has 1 aromatic heterocycles. The number of imide groups is 1. The zero-order valence-corrected chi connectivity index (χ0v) is 11.7. The van der Waals surface area contributed by atoms with Crippen LogP contribution in [0.5, 0.6) is 0 Å². The molecule has 21 heavy (non-hydrogen) atoms. The van der Waals surface area contributed by atoms with Gasteiger partial charge in [0, 0.05) is 5.39 Å². The van der Waals surface area contributed by atoms with Crippen LogP contribution in [0.25, 0.3) is 17.0 Å². The van der Waals surface area contributed by atoms with Gasteiger partial charge in [0.2, 0.25) is 5.76 Å². The molecule has 106 valence electrons. The van der Waals surface area contributed by atoms with Gasteiger partial charge in [0.1, 0.15) is 5.58 Å². The topological polar surface area (TPSA) is 85.6 Å². The van der Waals surface area contributed by atoms with Gasteiger partial charge in [0.15, 0.2) is 0 Å². The molecule has 6 nitrogen and oxygen atoms in total. The van der Waals surface area contributed by atoms with Crippen molar-refractivity contribution in [3.05, 3.63) is 40.5 Å². The molecule has 2 amide bonds. The maximum absolute atomic E-state index is 11.5. The molecule has 1 aliphatic rings.